The lowest BCUT2D eigenvalue weighted by atomic mass is 9.77. The van der Waals surface area contributed by atoms with E-state index in [2.05, 4.69) is 5.10 Å². The number of carbonyl (C=O) groups excluding carboxylic acids is 1. The number of aromatic nitrogens is 2. The SMILES string of the molecule is Cn1cc(C2CCCCN2C(=O)c2c(N)ccc(B3OC(C)(C)C(C)(C)O3)c2F)cn1. The lowest BCUT2D eigenvalue weighted by Gasteiger charge is -2.35. The third kappa shape index (κ3) is 3.74. The van der Waals surface area contributed by atoms with Crippen molar-refractivity contribution >= 4 is 24.2 Å². The Labute approximate surface area is 182 Å². The van der Waals surface area contributed by atoms with Crippen molar-refractivity contribution in [3.05, 3.63) is 41.5 Å². The van der Waals surface area contributed by atoms with E-state index >= 15 is 4.39 Å². The summed E-state index contributed by atoms with van der Waals surface area (Å²) in [6.07, 6.45) is 6.32. The molecule has 31 heavy (non-hydrogen) atoms. The van der Waals surface area contributed by atoms with E-state index in [-0.39, 0.29) is 22.8 Å². The molecule has 3 heterocycles. The number of nitrogen functional groups attached to an aromatic ring is 1. The Morgan fingerprint density at radius 2 is 1.90 bits per heavy atom. The molecule has 2 aromatic rings. The second-order valence-corrected chi connectivity index (χ2v) is 9.48. The van der Waals surface area contributed by atoms with Crippen LogP contribution in [0, 0.1) is 5.82 Å². The maximum absolute atomic E-state index is 15.7. The van der Waals surface area contributed by atoms with Crippen molar-refractivity contribution in [3.8, 4) is 0 Å². The topological polar surface area (TPSA) is 82.6 Å². The van der Waals surface area contributed by atoms with Crippen LogP contribution in [0.5, 0.6) is 0 Å². The number of piperidine rings is 1. The van der Waals surface area contributed by atoms with Gasteiger partial charge in [0, 0.05) is 36.5 Å². The molecule has 2 aliphatic heterocycles. The molecular weight excluding hydrogens is 398 g/mol. The zero-order valence-corrected chi connectivity index (χ0v) is 18.8. The Hall–Kier alpha value is -2.39. The molecule has 1 unspecified atom stereocenters. The highest BCUT2D eigenvalue weighted by molar-refractivity contribution is 6.62. The molecule has 4 rings (SSSR count). The monoisotopic (exact) mass is 428 g/mol. The predicted octanol–water partition coefficient (Wildman–Crippen LogP) is 2.81. The minimum Gasteiger partial charge on any atom is -0.399 e. The van der Waals surface area contributed by atoms with E-state index < -0.39 is 30.0 Å². The van der Waals surface area contributed by atoms with Gasteiger partial charge in [-0.3, -0.25) is 9.48 Å². The quantitative estimate of drug-likeness (QED) is 0.601. The van der Waals surface area contributed by atoms with Crippen molar-refractivity contribution in [2.24, 2.45) is 7.05 Å². The van der Waals surface area contributed by atoms with Gasteiger partial charge in [-0.1, -0.05) is 6.07 Å². The number of anilines is 1. The fourth-order valence-corrected chi connectivity index (χ4v) is 4.25. The van der Waals surface area contributed by atoms with E-state index in [1.807, 2.05) is 40.9 Å². The minimum atomic E-state index is -0.910. The number of nitrogens with zero attached hydrogens (tertiary/aromatic N) is 3. The van der Waals surface area contributed by atoms with Crippen LogP contribution in [0.15, 0.2) is 24.5 Å². The Morgan fingerprint density at radius 3 is 2.52 bits per heavy atom. The highest BCUT2D eigenvalue weighted by atomic mass is 19.1. The van der Waals surface area contributed by atoms with Crippen LogP contribution >= 0.6 is 0 Å². The van der Waals surface area contributed by atoms with Gasteiger partial charge in [-0.2, -0.15) is 5.10 Å². The summed E-state index contributed by atoms with van der Waals surface area (Å²) in [7, 11) is 0.928. The molecule has 2 aliphatic rings. The van der Waals surface area contributed by atoms with E-state index in [0.717, 1.165) is 24.8 Å². The molecule has 1 aromatic carbocycles. The van der Waals surface area contributed by atoms with Crippen LogP contribution in [0.2, 0.25) is 0 Å². The molecule has 2 saturated heterocycles. The number of nitrogens with two attached hydrogens (primary N) is 1. The van der Waals surface area contributed by atoms with Gasteiger partial charge in [0.15, 0.2) is 0 Å². The van der Waals surface area contributed by atoms with Gasteiger partial charge in [0.1, 0.15) is 5.82 Å². The van der Waals surface area contributed by atoms with Gasteiger partial charge in [-0.15, -0.1) is 0 Å². The first-order chi connectivity index (χ1) is 14.5. The Balaban J connectivity index is 1.69. The number of aryl methyl sites for hydroxylation is 1. The van der Waals surface area contributed by atoms with Crippen LogP contribution in [-0.2, 0) is 16.4 Å². The summed E-state index contributed by atoms with van der Waals surface area (Å²) in [6, 6.07) is 2.94. The molecule has 9 heteroatoms. The first-order valence-electron chi connectivity index (χ1n) is 10.7. The average Bonchev–Trinajstić information content (AvgIpc) is 3.21. The van der Waals surface area contributed by atoms with Gasteiger partial charge in [0.2, 0.25) is 0 Å². The molecule has 0 aliphatic carbocycles. The number of halogens is 1. The summed E-state index contributed by atoms with van der Waals surface area (Å²) >= 11 is 0. The van der Waals surface area contributed by atoms with Gasteiger partial charge in [0.25, 0.3) is 5.91 Å². The summed E-state index contributed by atoms with van der Waals surface area (Å²) < 4.78 is 29.4. The van der Waals surface area contributed by atoms with Crippen molar-refractivity contribution in [1.29, 1.82) is 0 Å². The number of hydrogen-bond acceptors (Lipinski definition) is 5. The molecule has 7 nitrogen and oxygen atoms in total. The Bertz CT molecular complexity index is 991. The van der Waals surface area contributed by atoms with Crippen LogP contribution < -0.4 is 11.2 Å². The molecule has 2 N–H and O–H groups in total. The largest absolute Gasteiger partial charge is 0.497 e. The van der Waals surface area contributed by atoms with E-state index in [0.29, 0.717) is 6.54 Å². The summed E-state index contributed by atoms with van der Waals surface area (Å²) in [4.78, 5) is 15.3. The fraction of sp³-hybridized carbons (Fsp3) is 0.545. The molecule has 2 fully saturated rings. The molecule has 0 bridgehead atoms. The van der Waals surface area contributed by atoms with Crippen LogP contribution in [0.25, 0.3) is 0 Å². The van der Waals surface area contributed by atoms with Gasteiger partial charge in [-0.25, -0.2) is 4.39 Å². The second-order valence-electron chi connectivity index (χ2n) is 9.48. The van der Waals surface area contributed by atoms with Crippen molar-refractivity contribution < 1.29 is 18.5 Å². The van der Waals surface area contributed by atoms with Crippen molar-refractivity contribution in [2.45, 2.75) is 64.2 Å². The maximum atomic E-state index is 15.7. The van der Waals surface area contributed by atoms with Crippen LogP contribution in [0.4, 0.5) is 10.1 Å². The summed E-state index contributed by atoms with van der Waals surface area (Å²) in [5.41, 5.74) is 5.99. The lowest BCUT2D eigenvalue weighted by molar-refractivity contribution is 0.00578. The number of amides is 1. The summed E-state index contributed by atoms with van der Waals surface area (Å²) in [6.45, 7) is 8.15. The van der Waals surface area contributed by atoms with E-state index in [9.17, 15) is 4.79 Å². The molecular formula is C22H30BFN4O3. The van der Waals surface area contributed by atoms with Gasteiger partial charge in [-0.05, 0) is 53.0 Å². The number of rotatable bonds is 3. The molecule has 1 atom stereocenters. The molecule has 1 amide bonds. The van der Waals surface area contributed by atoms with E-state index in [1.165, 1.54) is 0 Å². The minimum absolute atomic E-state index is 0.110. The highest BCUT2D eigenvalue weighted by Gasteiger charge is 2.52. The van der Waals surface area contributed by atoms with Crippen molar-refractivity contribution in [3.63, 3.8) is 0 Å². The Kier molecular flexibility index (Phi) is 5.38. The summed E-state index contributed by atoms with van der Waals surface area (Å²) in [5.74, 6) is -1.10. The van der Waals surface area contributed by atoms with E-state index in [1.54, 1.807) is 27.9 Å². The highest BCUT2D eigenvalue weighted by Crippen LogP contribution is 2.37. The van der Waals surface area contributed by atoms with E-state index in [4.69, 9.17) is 15.0 Å². The third-order valence-electron chi connectivity index (χ3n) is 6.80. The summed E-state index contributed by atoms with van der Waals surface area (Å²) in [5, 5.41) is 4.23. The third-order valence-corrected chi connectivity index (χ3v) is 6.80. The van der Waals surface area contributed by atoms with Crippen molar-refractivity contribution in [1.82, 2.24) is 14.7 Å². The first-order valence-corrected chi connectivity index (χ1v) is 10.7. The van der Waals surface area contributed by atoms with Crippen molar-refractivity contribution in [2.75, 3.05) is 12.3 Å². The normalized spacial score (nSPS) is 22.7. The molecule has 0 saturated carbocycles. The molecule has 0 radical (unpaired) electrons. The zero-order valence-electron chi connectivity index (χ0n) is 18.8. The standard InChI is InChI=1S/C22H30BFN4O3/c1-21(2)22(3,4)31-23(30-21)15-9-10-16(25)18(19(15)24)20(29)28-11-7-6-8-17(28)14-12-26-27(5)13-14/h9-10,12-13,17H,6-8,11,25H2,1-5H3. The zero-order chi connectivity index (χ0) is 22.6. The van der Waals surface area contributed by atoms with Crippen LogP contribution in [-0.4, -0.2) is 45.5 Å². The number of carbonyl (C=O) groups is 1. The lowest BCUT2D eigenvalue weighted by Crippen LogP contribution is -2.42. The maximum Gasteiger partial charge on any atom is 0.497 e. The number of benzene rings is 1. The average molecular weight is 428 g/mol. The first kappa shape index (κ1) is 21.8. The number of hydrogen-bond donors (Lipinski definition) is 1. The fourth-order valence-electron chi connectivity index (χ4n) is 4.25. The smallest absolute Gasteiger partial charge is 0.399 e. The van der Waals surface area contributed by atoms with Gasteiger partial charge >= 0.3 is 7.12 Å². The van der Waals surface area contributed by atoms with Gasteiger partial charge < -0.3 is 19.9 Å². The molecule has 166 valence electrons. The van der Waals surface area contributed by atoms with Gasteiger partial charge in [0.05, 0.1) is 29.0 Å². The predicted molar refractivity (Wildman–Crippen MR) is 117 cm³/mol. The Morgan fingerprint density at radius 1 is 1.23 bits per heavy atom. The second kappa shape index (κ2) is 7.64. The molecule has 1 aromatic heterocycles. The van der Waals surface area contributed by atoms with Crippen LogP contribution in [0.3, 0.4) is 0 Å². The van der Waals surface area contributed by atoms with Crippen LogP contribution in [0.1, 0.15) is 68.9 Å². The molecule has 0 spiro atoms. The number of likely N-dealkylation sites (tertiary alicyclic amines) is 1.